The minimum Gasteiger partial charge on any atom is -0.289 e. The van der Waals surface area contributed by atoms with Gasteiger partial charge in [-0.1, -0.05) is 47.9 Å². The van der Waals surface area contributed by atoms with Gasteiger partial charge in [0.2, 0.25) is 0 Å². The molecule has 0 saturated heterocycles. The van der Waals surface area contributed by atoms with Crippen LogP contribution in [0.1, 0.15) is 15.9 Å². The normalized spacial score (nSPS) is 12.4. The van der Waals surface area contributed by atoms with E-state index in [1.54, 1.807) is 6.07 Å². The van der Waals surface area contributed by atoms with Crippen LogP contribution in [0.2, 0.25) is 0 Å². The maximum Gasteiger partial charge on any atom is 0.193 e. The fourth-order valence-electron chi connectivity index (χ4n) is 2.10. The Bertz CT molecular complexity index is 572. The van der Waals surface area contributed by atoms with Crippen molar-refractivity contribution in [2.75, 3.05) is 0 Å². The smallest absolute Gasteiger partial charge is 0.193 e. The molecule has 2 aromatic carbocycles. The zero-order chi connectivity index (χ0) is 10.4. The van der Waals surface area contributed by atoms with E-state index in [0.717, 1.165) is 16.7 Å². The van der Waals surface area contributed by atoms with Gasteiger partial charge < -0.3 is 0 Å². The molecule has 1 nitrogen and oxygen atoms in total. The molecule has 0 saturated carbocycles. The van der Waals surface area contributed by atoms with Crippen molar-refractivity contribution < 1.29 is 4.79 Å². The number of fused-ring (bicyclic) bond motifs is 3. The van der Waals surface area contributed by atoms with Gasteiger partial charge in [0.15, 0.2) is 5.78 Å². The van der Waals surface area contributed by atoms with E-state index in [9.17, 15) is 4.79 Å². The third kappa shape index (κ3) is 1.02. The topological polar surface area (TPSA) is 17.1 Å². The molecule has 0 heterocycles. The van der Waals surface area contributed by atoms with Crippen LogP contribution in [0, 0.1) is 0 Å². The molecule has 0 fully saturated rings. The van der Waals surface area contributed by atoms with Crippen molar-refractivity contribution in [3.05, 3.63) is 53.6 Å². The molecule has 0 bridgehead atoms. The van der Waals surface area contributed by atoms with Gasteiger partial charge in [0.25, 0.3) is 0 Å². The number of ketones is 1. The van der Waals surface area contributed by atoms with E-state index in [1.807, 2.05) is 36.4 Å². The second kappa shape index (κ2) is 2.83. The Hall–Kier alpha value is -1.83. The van der Waals surface area contributed by atoms with E-state index in [4.69, 9.17) is 7.85 Å². The Balaban J connectivity index is 2.43. The van der Waals surface area contributed by atoms with Gasteiger partial charge in [-0.25, -0.2) is 0 Å². The second-order valence-electron chi connectivity index (χ2n) is 3.64. The van der Waals surface area contributed by atoms with Crippen LogP contribution in [0.25, 0.3) is 11.1 Å². The molecule has 0 N–H and O–H groups in total. The summed E-state index contributed by atoms with van der Waals surface area (Å²) < 4.78 is 0. The van der Waals surface area contributed by atoms with Crippen molar-refractivity contribution in [2.45, 2.75) is 0 Å². The first-order chi connectivity index (χ1) is 7.29. The van der Waals surface area contributed by atoms with Gasteiger partial charge in [0, 0.05) is 11.1 Å². The zero-order valence-electron chi connectivity index (χ0n) is 8.03. The summed E-state index contributed by atoms with van der Waals surface area (Å²) in [6, 6.07) is 13.2. The van der Waals surface area contributed by atoms with Crippen LogP contribution in [-0.4, -0.2) is 13.6 Å². The van der Waals surface area contributed by atoms with Crippen LogP contribution in [0.5, 0.6) is 0 Å². The van der Waals surface area contributed by atoms with E-state index in [2.05, 4.69) is 0 Å². The summed E-state index contributed by atoms with van der Waals surface area (Å²) in [6.45, 7) is 0. The molecule has 2 aromatic rings. The number of carbonyl (C=O) groups is 1. The van der Waals surface area contributed by atoms with Crippen molar-refractivity contribution in [1.82, 2.24) is 0 Å². The Morgan fingerprint density at radius 3 is 2.27 bits per heavy atom. The van der Waals surface area contributed by atoms with Gasteiger partial charge in [0.05, 0.1) is 0 Å². The summed E-state index contributed by atoms with van der Waals surface area (Å²) in [6.07, 6.45) is 0. The summed E-state index contributed by atoms with van der Waals surface area (Å²) in [5.41, 5.74) is 3.92. The standard InChI is InChI=1S/C13H7BO/c14-11-7-3-6-9-8-4-1-2-5-10(8)13(15)12(9)11/h1-7H. The molecule has 15 heavy (non-hydrogen) atoms. The number of hydrogen-bond donors (Lipinski definition) is 0. The first-order valence-corrected chi connectivity index (χ1v) is 4.81. The van der Waals surface area contributed by atoms with Gasteiger partial charge in [-0.05, 0) is 11.1 Å². The van der Waals surface area contributed by atoms with Gasteiger partial charge in [-0.2, -0.15) is 0 Å². The maximum atomic E-state index is 12.0. The van der Waals surface area contributed by atoms with Crippen LogP contribution in [-0.2, 0) is 0 Å². The third-order valence-electron chi connectivity index (χ3n) is 2.79. The highest BCUT2D eigenvalue weighted by Gasteiger charge is 2.26. The third-order valence-corrected chi connectivity index (χ3v) is 2.79. The van der Waals surface area contributed by atoms with Crippen molar-refractivity contribution in [2.24, 2.45) is 0 Å². The van der Waals surface area contributed by atoms with E-state index < -0.39 is 0 Å². The molecule has 1 aliphatic rings. The Kier molecular flexibility index (Phi) is 1.60. The average Bonchev–Trinajstić information content (AvgIpc) is 2.55. The monoisotopic (exact) mass is 190 g/mol. The van der Waals surface area contributed by atoms with E-state index in [-0.39, 0.29) is 5.78 Å². The average molecular weight is 190 g/mol. The van der Waals surface area contributed by atoms with Crippen LogP contribution < -0.4 is 5.46 Å². The largest absolute Gasteiger partial charge is 0.289 e. The summed E-state index contributed by atoms with van der Waals surface area (Å²) >= 11 is 0. The highest BCUT2D eigenvalue weighted by molar-refractivity contribution is 6.40. The maximum absolute atomic E-state index is 12.0. The first kappa shape index (κ1) is 8.48. The molecule has 0 amide bonds. The molecule has 1 aliphatic carbocycles. The first-order valence-electron chi connectivity index (χ1n) is 4.81. The SMILES string of the molecule is [B]c1cccc2c1C(=O)c1ccccc1-2. The Labute approximate surface area is 89.2 Å². The Morgan fingerprint density at radius 1 is 0.800 bits per heavy atom. The van der Waals surface area contributed by atoms with Crippen molar-refractivity contribution >= 4 is 19.1 Å². The predicted molar refractivity (Wildman–Crippen MR) is 60.7 cm³/mol. The fraction of sp³-hybridized carbons (Fsp3) is 0. The van der Waals surface area contributed by atoms with Crippen molar-refractivity contribution in [1.29, 1.82) is 0 Å². The van der Waals surface area contributed by atoms with Gasteiger partial charge in [-0.15, -0.1) is 0 Å². The van der Waals surface area contributed by atoms with Gasteiger partial charge in [-0.3, -0.25) is 4.79 Å². The quantitative estimate of drug-likeness (QED) is 0.493. The molecule has 0 atom stereocenters. The molecule has 2 heteroatoms. The number of carbonyl (C=O) groups excluding carboxylic acids is 1. The van der Waals surface area contributed by atoms with Crippen LogP contribution >= 0.6 is 0 Å². The molecular weight excluding hydrogens is 183 g/mol. The molecule has 2 radical (unpaired) electrons. The summed E-state index contributed by atoms with van der Waals surface area (Å²) in [4.78, 5) is 12.0. The van der Waals surface area contributed by atoms with Crippen LogP contribution in [0.4, 0.5) is 0 Å². The lowest BCUT2D eigenvalue weighted by Gasteiger charge is -2.01. The minimum absolute atomic E-state index is 0.0405. The van der Waals surface area contributed by atoms with E-state index >= 15 is 0 Å². The summed E-state index contributed by atoms with van der Waals surface area (Å²) in [7, 11) is 5.82. The molecule has 0 unspecified atom stereocenters. The number of benzene rings is 2. The minimum atomic E-state index is 0.0405. The molecule has 0 aliphatic heterocycles. The highest BCUT2D eigenvalue weighted by atomic mass is 16.1. The molecular formula is C13H7BO. The molecule has 0 spiro atoms. The fourth-order valence-corrected chi connectivity index (χ4v) is 2.10. The molecule has 3 rings (SSSR count). The predicted octanol–water partition coefficient (Wildman–Crippen LogP) is 1.69. The highest BCUT2D eigenvalue weighted by Crippen LogP contribution is 2.34. The molecule has 68 valence electrons. The van der Waals surface area contributed by atoms with Gasteiger partial charge in [0.1, 0.15) is 7.85 Å². The zero-order valence-corrected chi connectivity index (χ0v) is 8.03. The van der Waals surface area contributed by atoms with Crippen molar-refractivity contribution in [3.63, 3.8) is 0 Å². The Morgan fingerprint density at radius 2 is 1.47 bits per heavy atom. The summed E-state index contributed by atoms with van der Waals surface area (Å²) in [5, 5.41) is 0. The lowest BCUT2D eigenvalue weighted by molar-refractivity contribution is 0.104. The van der Waals surface area contributed by atoms with Crippen molar-refractivity contribution in [3.8, 4) is 11.1 Å². The second-order valence-corrected chi connectivity index (χ2v) is 3.64. The number of hydrogen-bond acceptors (Lipinski definition) is 1. The lowest BCUT2D eigenvalue weighted by atomic mass is 9.87. The summed E-state index contributed by atoms with van der Waals surface area (Å²) in [5.74, 6) is 0.0405. The lowest BCUT2D eigenvalue weighted by Crippen LogP contribution is -2.13. The molecule has 0 aromatic heterocycles. The van der Waals surface area contributed by atoms with Crippen LogP contribution in [0.15, 0.2) is 42.5 Å². The number of rotatable bonds is 0. The van der Waals surface area contributed by atoms with Gasteiger partial charge >= 0.3 is 0 Å². The van der Waals surface area contributed by atoms with E-state index in [1.165, 1.54) is 0 Å². The van der Waals surface area contributed by atoms with E-state index in [0.29, 0.717) is 11.0 Å². The van der Waals surface area contributed by atoms with Crippen LogP contribution in [0.3, 0.4) is 0 Å².